The van der Waals surface area contributed by atoms with Gasteiger partial charge in [0.05, 0.1) is 33.1 Å². The average Bonchev–Trinajstić information content (AvgIpc) is 3.41. The quantitative estimate of drug-likeness (QED) is 0.242. The van der Waals surface area contributed by atoms with Gasteiger partial charge >= 0.3 is 0 Å². The van der Waals surface area contributed by atoms with Gasteiger partial charge in [-0.2, -0.15) is 5.10 Å². The van der Waals surface area contributed by atoms with Gasteiger partial charge < -0.3 is 0 Å². The number of para-hydroxylation sites is 1. The predicted molar refractivity (Wildman–Crippen MR) is 145 cm³/mol. The molecule has 0 fully saturated rings. The Kier molecular flexibility index (Phi) is 8.08. The summed E-state index contributed by atoms with van der Waals surface area (Å²) in [6.45, 7) is 8.98. The van der Waals surface area contributed by atoms with Crippen LogP contribution >= 0.6 is 11.3 Å². The molecule has 0 aliphatic carbocycles. The van der Waals surface area contributed by atoms with E-state index in [0.717, 1.165) is 39.3 Å². The van der Waals surface area contributed by atoms with Crippen LogP contribution < -0.4 is 4.90 Å². The number of anilines is 1. The van der Waals surface area contributed by atoms with Gasteiger partial charge in [0.15, 0.2) is 15.0 Å². The van der Waals surface area contributed by atoms with Crippen molar-refractivity contribution < 1.29 is 17.6 Å². The maximum absolute atomic E-state index is 13.4. The van der Waals surface area contributed by atoms with E-state index in [4.69, 9.17) is 4.98 Å². The molecule has 0 atom stereocenters. The molecule has 0 N–H and O–H groups in total. The fourth-order valence-electron chi connectivity index (χ4n) is 4.27. The van der Waals surface area contributed by atoms with E-state index in [9.17, 15) is 17.6 Å². The van der Waals surface area contributed by atoms with Gasteiger partial charge in [-0.1, -0.05) is 37.3 Å². The lowest BCUT2D eigenvalue weighted by atomic mass is 10.0. The summed E-state index contributed by atoms with van der Waals surface area (Å²) in [7, 11) is -3.62. The van der Waals surface area contributed by atoms with Crippen LogP contribution in [0, 0.1) is 19.7 Å². The van der Waals surface area contributed by atoms with E-state index in [1.807, 2.05) is 36.7 Å². The minimum Gasteiger partial charge on any atom is -0.286 e. The topological polar surface area (TPSA) is 85.2 Å². The normalized spacial score (nSPS) is 11.9. The lowest BCUT2D eigenvalue weighted by molar-refractivity contribution is -0.118. The molecule has 0 unspecified atom stereocenters. The third-order valence-corrected chi connectivity index (χ3v) is 9.07. The molecule has 2 heterocycles. The highest BCUT2D eigenvalue weighted by atomic mass is 32.2. The molecule has 0 saturated carbocycles. The molecule has 196 valence electrons. The lowest BCUT2D eigenvalue weighted by Gasteiger charge is -2.20. The summed E-state index contributed by atoms with van der Waals surface area (Å²) in [6, 6.07) is 12.8. The van der Waals surface area contributed by atoms with Crippen molar-refractivity contribution in [2.45, 2.75) is 57.9 Å². The van der Waals surface area contributed by atoms with Crippen molar-refractivity contribution in [3.8, 4) is 0 Å². The number of thiazole rings is 1. The third-order valence-electron chi connectivity index (χ3n) is 6.21. The fourth-order valence-corrected chi connectivity index (χ4v) is 6.63. The number of rotatable bonds is 10. The van der Waals surface area contributed by atoms with E-state index < -0.39 is 15.7 Å². The van der Waals surface area contributed by atoms with Crippen LogP contribution in [-0.4, -0.2) is 41.4 Å². The third kappa shape index (κ3) is 6.24. The minimum atomic E-state index is -3.62. The van der Waals surface area contributed by atoms with Crippen molar-refractivity contribution in [1.82, 2.24) is 14.8 Å². The van der Waals surface area contributed by atoms with Crippen LogP contribution in [-0.2, 0) is 21.2 Å². The number of halogens is 1. The van der Waals surface area contributed by atoms with Crippen LogP contribution in [0.3, 0.4) is 0 Å². The van der Waals surface area contributed by atoms with Crippen LogP contribution in [0.25, 0.3) is 10.2 Å². The summed E-state index contributed by atoms with van der Waals surface area (Å²) >= 11 is 1.46. The first kappa shape index (κ1) is 26.9. The zero-order valence-corrected chi connectivity index (χ0v) is 23.1. The van der Waals surface area contributed by atoms with Crippen LogP contribution in [0.5, 0.6) is 0 Å². The monoisotopic (exact) mass is 542 g/mol. The molecule has 2 aromatic heterocycles. The molecule has 4 aromatic rings. The number of aromatic nitrogens is 3. The van der Waals surface area contributed by atoms with Gasteiger partial charge in [-0.25, -0.2) is 17.8 Å². The largest absolute Gasteiger partial charge is 0.286 e. The maximum atomic E-state index is 13.4. The van der Waals surface area contributed by atoms with Gasteiger partial charge in [0.2, 0.25) is 5.91 Å². The number of carbonyl (C=O) groups excluding carboxylic acids is 1. The molecule has 37 heavy (non-hydrogen) atoms. The van der Waals surface area contributed by atoms with Gasteiger partial charge in [0.25, 0.3) is 0 Å². The first-order chi connectivity index (χ1) is 17.5. The Hall–Kier alpha value is -3.11. The summed E-state index contributed by atoms with van der Waals surface area (Å²) in [4.78, 5) is 20.0. The number of nitrogens with zero attached hydrogens (tertiary/aromatic N) is 4. The molecular weight excluding hydrogens is 511 g/mol. The summed E-state index contributed by atoms with van der Waals surface area (Å²) in [5.74, 6) is -0.605. The van der Waals surface area contributed by atoms with Crippen LogP contribution in [0.4, 0.5) is 9.52 Å². The molecule has 0 aliphatic heterocycles. The first-order valence-electron chi connectivity index (χ1n) is 12.2. The summed E-state index contributed by atoms with van der Waals surface area (Å²) in [5.41, 5.74) is 3.92. The molecule has 0 saturated heterocycles. The van der Waals surface area contributed by atoms with Crippen LogP contribution in [0.1, 0.15) is 49.6 Å². The van der Waals surface area contributed by atoms with Crippen LogP contribution in [0.15, 0.2) is 53.4 Å². The summed E-state index contributed by atoms with van der Waals surface area (Å²) in [5, 5.41) is 5.10. The number of sulfone groups is 1. The van der Waals surface area contributed by atoms with Gasteiger partial charge in [0, 0.05) is 18.7 Å². The molecule has 0 spiro atoms. The Labute approximate surface area is 220 Å². The summed E-state index contributed by atoms with van der Waals surface area (Å²) in [6.07, 6.45) is 0.196. The Balaban J connectivity index is 1.55. The lowest BCUT2D eigenvalue weighted by Crippen LogP contribution is -2.34. The molecular formula is C27H31FN4O3S2. The second kappa shape index (κ2) is 11.1. The van der Waals surface area contributed by atoms with Crippen LogP contribution in [0.2, 0.25) is 0 Å². The van der Waals surface area contributed by atoms with Crippen molar-refractivity contribution in [3.05, 3.63) is 71.3 Å². The fraction of sp³-hybridized carbons (Fsp3) is 0.370. The number of fused-ring (bicyclic) bond motifs is 1. The van der Waals surface area contributed by atoms with Gasteiger partial charge in [-0.15, -0.1) is 0 Å². The van der Waals surface area contributed by atoms with Crippen molar-refractivity contribution >= 4 is 42.4 Å². The number of benzene rings is 2. The standard InChI is InChI=1S/C27H31FN4O3S2/c1-18(2)23-7-5-8-24-26(23)29-27(36-24)31(14-15-32-20(4)17-19(3)30-32)25(33)9-6-16-37(34,35)22-12-10-21(28)11-13-22/h5,7-8,10-13,17-18H,6,9,14-16H2,1-4H3. The molecule has 2 aromatic carbocycles. The Morgan fingerprint density at radius 2 is 1.86 bits per heavy atom. The van der Waals surface area contributed by atoms with Crippen molar-refractivity contribution in [3.63, 3.8) is 0 Å². The number of carbonyl (C=O) groups is 1. The molecule has 7 nitrogen and oxygen atoms in total. The average molecular weight is 543 g/mol. The second-order valence-electron chi connectivity index (χ2n) is 9.42. The van der Waals surface area contributed by atoms with Crippen molar-refractivity contribution in [2.24, 2.45) is 0 Å². The number of aryl methyl sites for hydroxylation is 2. The molecule has 1 amide bonds. The van der Waals surface area contributed by atoms with E-state index in [0.29, 0.717) is 18.2 Å². The smallest absolute Gasteiger partial charge is 0.228 e. The highest BCUT2D eigenvalue weighted by Gasteiger charge is 2.23. The SMILES string of the molecule is Cc1cc(C)n(CCN(C(=O)CCCS(=O)(=O)c2ccc(F)cc2)c2nc3c(C(C)C)cccc3s2)n1. The Morgan fingerprint density at radius 3 is 2.51 bits per heavy atom. The van der Waals surface area contributed by atoms with Gasteiger partial charge in [-0.3, -0.25) is 14.4 Å². The summed E-state index contributed by atoms with van der Waals surface area (Å²) < 4.78 is 41.4. The molecule has 0 bridgehead atoms. The van der Waals surface area contributed by atoms with E-state index in [1.165, 1.54) is 23.5 Å². The van der Waals surface area contributed by atoms with E-state index in [2.05, 4.69) is 25.0 Å². The molecule has 10 heteroatoms. The Morgan fingerprint density at radius 1 is 1.14 bits per heavy atom. The number of hydrogen-bond donors (Lipinski definition) is 0. The van der Waals surface area contributed by atoms with E-state index in [-0.39, 0.29) is 35.3 Å². The molecule has 0 radical (unpaired) electrons. The highest BCUT2D eigenvalue weighted by molar-refractivity contribution is 7.91. The minimum absolute atomic E-state index is 0.0461. The number of amides is 1. The Bertz CT molecular complexity index is 1510. The molecule has 0 aliphatic rings. The highest BCUT2D eigenvalue weighted by Crippen LogP contribution is 2.34. The van der Waals surface area contributed by atoms with E-state index in [1.54, 1.807) is 4.90 Å². The van der Waals surface area contributed by atoms with Crippen molar-refractivity contribution in [2.75, 3.05) is 17.2 Å². The number of hydrogen-bond acceptors (Lipinski definition) is 6. The zero-order chi connectivity index (χ0) is 26.7. The van der Waals surface area contributed by atoms with Crippen molar-refractivity contribution in [1.29, 1.82) is 0 Å². The predicted octanol–water partition coefficient (Wildman–Crippen LogP) is 5.66. The van der Waals surface area contributed by atoms with Gasteiger partial charge in [0.1, 0.15) is 5.82 Å². The first-order valence-corrected chi connectivity index (χ1v) is 14.7. The molecule has 4 rings (SSSR count). The van der Waals surface area contributed by atoms with Gasteiger partial charge in [-0.05, 0) is 68.1 Å². The van der Waals surface area contributed by atoms with E-state index >= 15 is 0 Å². The zero-order valence-electron chi connectivity index (χ0n) is 21.4. The second-order valence-corrected chi connectivity index (χ2v) is 12.5. The maximum Gasteiger partial charge on any atom is 0.228 e.